The number of benzene rings is 3. The second-order valence-electron chi connectivity index (χ2n) is 7.87. The molecule has 33 heavy (non-hydrogen) atoms. The fourth-order valence-corrected chi connectivity index (χ4v) is 3.73. The first-order valence-electron chi connectivity index (χ1n) is 10.8. The minimum Gasteiger partial charge on any atom is -0.494 e. The van der Waals surface area contributed by atoms with Gasteiger partial charge in [0.05, 0.1) is 18.5 Å². The predicted octanol–water partition coefficient (Wildman–Crippen LogP) is 5.28. The molecule has 0 radical (unpaired) electrons. The van der Waals surface area contributed by atoms with Gasteiger partial charge in [-0.05, 0) is 36.2 Å². The molecule has 0 spiro atoms. The highest BCUT2D eigenvalue weighted by Gasteiger charge is 2.17. The number of hydrogen-bond donors (Lipinski definition) is 0. The molecule has 0 aliphatic carbocycles. The highest BCUT2D eigenvalue weighted by Crippen LogP contribution is 2.25. The van der Waals surface area contributed by atoms with Crippen LogP contribution in [0.2, 0.25) is 0 Å². The molecular formula is C27H26FN3O2. The highest BCUT2D eigenvalue weighted by molar-refractivity contribution is 5.76. The summed E-state index contributed by atoms with van der Waals surface area (Å²) in [4.78, 5) is 14.5. The maximum absolute atomic E-state index is 13.9. The van der Waals surface area contributed by atoms with E-state index in [9.17, 15) is 9.18 Å². The van der Waals surface area contributed by atoms with E-state index in [1.165, 1.54) is 13.2 Å². The van der Waals surface area contributed by atoms with E-state index in [1.54, 1.807) is 24.1 Å². The van der Waals surface area contributed by atoms with Crippen molar-refractivity contribution >= 4 is 5.91 Å². The maximum atomic E-state index is 13.9. The number of ether oxygens (including phenoxy) is 1. The molecule has 5 nitrogen and oxygen atoms in total. The molecule has 0 bridgehead atoms. The number of methoxy groups -OCH3 is 1. The van der Waals surface area contributed by atoms with E-state index in [1.807, 2.05) is 71.5 Å². The molecule has 0 N–H and O–H groups in total. The van der Waals surface area contributed by atoms with Crippen LogP contribution in [0.3, 0.4) is 0 Å². The summed E-state index contributed by atoms with van der Waals surface area (Å²) in [6.45, 7) is 0.423. The van der Waals surface area contributed by atoms with Crippen LogP contribution in [0.25, 0.3) is 16.9 Å². The molecule has 0 aliphatic heterocycles. The molecular weight excluding hydrogens is 417 g/mol. The quantitative estimate of drug-likeness (QED) is 0.372. The molecule has 0 atom stereocenters. The summed E-state index contributed by atoms with van der Waals surface area (Å²) in [7, 11) is 3.21. The zero-order valence-electron chi connectivity index (χ0n) is 18.7. The van der Waals surface area contributed by atoms with Crippen LogP contribution in [0.1, 0.15) is 17.5 Å². The Morgan fingerprint density at radius 2 is 1.73 bits per heavy atom. The van der Waals surface area contributed by atoms with E-state index in [0.29, 0.717) is 13.0 Å². The van der Waals surface area contributed by atoms with Crippen molar-refractivity contribution in [2.75, 3.05) is 14.2 Å². The first-order valence-corrected chi connectivity index (χ1v) is 10.8. The van der Waals surface area contributed by atoms with Crippen LogP contribution in [0.15, 0.2) is 85.1 Å². The SMILES string of the molecule is COc1ccc(CCC(=O)N(C)Cc2cn(-c3ccccc3)nc2-c2ccccc2)cc1F. The van der Waals surface area contributed by atoms with Crippen molar-refractivity contribution in [3.05, 3.63) is 102 Å². The van der Waals surface area contributed by atoms with Crippen LogP contribution in [-0.2, 0) is 17.8 Å². The van der Waals surface area contributed by atoms with Crippen molar-refractivity contribution < 1.29 is 13.9 Å². The molecule has 0 unspecified atom stereocenters. The Hall–Kier alpha value is -3.93. The summed E-state index contributed by atoms with van der Waals surface area (Å²) in [6.07, 6.45) is 2.72. The zero-order valence-corrected chi connectivity index (χ0v) is 18.7. The van der Waals surface area contributed by atoms with Gasteiger partial charge in [0.25, 0.3) is 0 Å². The van der Waals surface area contributed by atoms with Gasteiger partial charge in [-0.2, -0.15) is 5.10 Å². The smallest absolute Gasteiger partial charge is 0.222 e. The largest absolute Gasteiger partial charge is 0.494 e. The van der Waals surface area contributed by atoms with E-state index in [-0.39, 0.29) is 18.1 Å². The minimum absolute atomic E-state index is 0.0160. The molecule has 1 heterocycles. The summed E-state index contributed by atoms with van der Waals surface area (Å²) in [5, 5.41) is 4.81. The van der Waals surface area contributed by atoms with E-state index in [0.717, 1.165) is 28.1 Å². The lowest BCUT2D eigenvalue weighted by molar-refractivity contribution is -0.130. The number of amides is 1. The monoisotopic (exact) mass is 443 g/mol. The average Bonchev–Trinajstić information content (AvgIpc) is 3.27. The Morgan fingerprint density at radius 1 is 1.03 bits per heavy atom. The Morgan fingerprint density at radius 3 is 2.39 bits per heavy atom. The van der Waals surface area contributed by atoms with Crippen molar-refractivity contribution in [3.8, 4) is 22.7 Å². The Labute approximate surface area is 193 Å². The second-order valence-corrected chi connectivity index (χ2v) is 7.87. The first kappa shape index (κ1) is 22.3. The van der Waals surface area contributed by atoms with Crippen molar-refractivity contribution in [3.63, 3.8) is 0 Å². The van der Waals surface area contributed by atoms with Crippen molar-refractivity contribution in [2.24, 2.45) is 0 Å². The third-order valence-corrected chi connectivity index (χ3v) is 5.53. The van der Waals surface area contributed by atoms with Crippen LogP contribution in [-0.4, -0.2) is 34.7 Å². The number of halogens is 1. The summed E-state index contributed by atoms with van der Waals surface area (Å²) in [6, 6.07) is 24.6. The molecule has 1 aromatic heterocycles. The van der Waals surface area contributed by atoms with Gasteiger partial charge in [-0.25, -0.2) is 9.07 Å². The first-order chi connectivity index (χ1) is 16.0. The lowest BCUT2D eigenvalue weighted by Gasteiger charge is -2.17. The molecule has 3 aromatic carbocycles. The Kier molecular flexibility index (Phi) is 6.83. The molecule has 6 heteroatoms. The fraction of sp³-hybridized carbons (Fsp3) is 0.185. The number of para-hydroxylation sites is 1. The number of nitrogens with zero attached hydrogens (tertiary/aromatic N) is 3. The summed E-state index contributed by atoms with van der Waals surface area (Å²) in [5.74, 6) is -0.236. The van der Waals surface area contributed by atoms with Crippen molar-refractivity contribution in [1.82, 2.24) is 14.7 Å². The zero-order chi connectivity index (χ0) is 23.2. The van der Waals surface area contributed by atoms with Gasteiger partial charge in [-0.3, -0.25) is 4.79 Å². The lowest BCUT2D eigenvalue weighted by Crippen LogP contribution is -2.26. The van der Waals surface area contributed by atoms with E-state index in [2.05, 4.69) is 0 Å². The fourth-order valence-electron chi connectivity index (χ4n) is 3.73. The number of hydrogen-bond acceptors (Lipinski definition) is 3. The molecule has 4 aromatic rings. The highest BCUT2D eigenvalue weighted by atomic mass is 19.1. The van der Waals surface area contributed by atoms with Gasteiger partial charge in [-0.15, -0.1) is 0 Å². The molecule has 4 rings (SSSR count). The number of carbonyl (C=O) groups is 1. The van der Waals surface area contributed by atoms with Crippen LogP contribution < -0.4 is 4.74 Å². The van der Waals surface area contributed by atoms with E-state index < -0.39 is 5.82 Å². The average molecular weight is 444 g/mol. The number of aromatic nitrogens is 2. The number of rotatable bonds is 8. The van der Waals surface area contributed by atoms with E-state index >= 15 is 0 Å². The normalized spacial score (nSPS) is 10.8. The minimum atomic E-state index is -0.420. The molecule has 168 valence electrons. The van der Waals surface area contributed by atoms with Gasteiger partial charge in [0, 0.05) is 37.3 Å². The Balaban J connectivity index is 1.50. The van der Waals surface area contributed by atoms with Gasteiger partial charge in [0.2, 0.25) is 5.91 Å². The predicted molar refractivity (Wildman–Crippen MR) is 127 cm³/mol. The van der Waals surface area contributed by atoms with Crippen LogP contribution in [0.5, 0.6) is 5.75 Å². The third kappa shape index (κ3) is 5.29. The van der Waals surface area contributed by atoms with Crippen molar-refractivity contribution in [1.29, 1.82) is 0 Å². The van der Waals surface area contributed by atoms with Crippen LogP contribution in [0.4, 0.5) is 4.39 Å². The van der Waals surface area contributed by atoms with Gasteiger partial charge in [0.1, 0.15) is 0 Å². The maximum Gasteiger partial charge on any atom is 0.222 e. The topological polar surface area (TPSA) is 47.4 Å². The second kappa shape index (κ2) is 10.1. The van der Waals surface area contributed by atoms with Gasteiger partial charge in [0.15, 0.2) is 11.6 Å². The van der Waals surface area contributed by atoms with Gasteiger partial charge in [-0.1, -0.05) is 54.6 Å². The summed E-state index contributed by atoms with van der Waals surface area (Å²) < 4.78 is 20.7. The third-order valence-electron chi connectivity index (χ3n) is 5.53. The Bertz CT molecular complexity index is 1220. The lowest BCUT2D eigenvalue weighted by atomic mass is 10.1. The van der Waals surface area contributed by atoms with Crippen molar-refractivity contribution in [2.45, 2.75) is 19.4 Å². The molecule has 0 fully saturated rings. The van der Waals surface area contributed by atoms with Crippen LogP contribution >= 0.6 is 0 Å². The number of aryl methyl sites for hydroxylation is 1. The molecule has 0 aliphatic rings. The van der Waals surface area contributed by atoms with Gasteiger partial charge < -0.3 is 9.64 Å². The molecule has 1 amide bonds. The van der Waals surface area contributed by atoms with Gasteiger partial charge >= 0.3 is 0 Å². The standard InChI is InChI=1S/C27H26FN3O2/c1-30(26(32)16-14-20-13-15-25(33-2)24(28)17-20)18-22-19-31(23-11-7-4-8-12-23)29-27(22)21-9-5-3-6-10-21/h3-13,15,17,19H,14,16,18H2,1-2H3. The molecule has 0 saturated carbocycles. The van der Waals surface area contributed by atoms with E-state index in [4.69, 9.17) is 9.84 Å². The summed E-state index contributed by atoms with van der Waals surface area (Å²) >= 11 is 0. The van der Waals surface area contributed by atoms with Crippen LogP contribution in [0, 0.1) is 5.82 Å². The summed E-state index contributed by atoms with van der Waals surface area (Å²) in [5.41, 5.74) is 4.51. The molecule has 0 saturated heterocycles. The number of carbonyl (C=O) groups excluding carboxylic acids is 1.